The lowest BCUT2D eigenvalue weighted by atomic mass is 9.98. The first-order valence-corrected chi connectivity index (χ1v) is 20.8. The van der Waals surface area contributed by atoms with Crippen LogP contribution in [-0.2, 0) is 9.47 Å². The highest BCUT2D eigenvalue weighted by Gasteiger charge is 2.40. The molecule has 1 aliphatic rings. The van der Waals surface area contributed by atoms with E-state index in [-0.39, 0.29) is 12.1 Å². The smallest absolute Gasteiger partial charge is 0.185 e. The Hall–Kier alpha value is -1.33. The molecule has 0 saturated carbocycles. The molecule has 47 heavy (non-hydrogen) atoms. The minimum atomic E-state index is -0.395. The van der Waals surface area contributed by atoms with Gasteiger partial charge in [0.25, 0.3) is 0 Å². The lowest BCUT2D eigenvalue weighted by molar-refractivity contribution is -0.179. The molecule has 2 atom stereocenters. The van der Waals surface area contributed by atoms with Gasteiger partial charge in [0, 0.05) is 19.4 Å². The standard InChI is InChI=1S/C42H81N3O2/c1-3-5-7-9-11-13-15-17-19-21-23-25-27-29-31-33-36-42(46-39-40(47-42)35-38-45-41(43)44)37-34-32-30-28-26-24-22-20-18-16-14-12-10-8-6-4-2/h11,13,17,19,40H,3-10,12,14-16,18,20-39H2,1-2H3,(H4,43,44,45)/b13-11-,19-17-. The summed E-state index contributed by atoms with van der Waals surface area (Å²) in [4.78, 5) is 4.16. The zero-order valence-electron chi connectivity index (χ0n) is 31.6. The van der Waals surface area contributed by atoms with E-state index in [0.717, 1.165) is 25.7 Å². The summed E-state index contributed by atoms with van der Waals surface area (Å²) in [5.74, 6) is -0.238. The van der Waals surface area contributed by atoms with E-state index in [2.05, 4.69) is 43.1 Å². The van der Waals surface area contributed by atoms with Crippen molar-refractivity contribution >= 4 is 5.96 Å². The lowest BCUT2D eigenvalue weighted by Gasteiger charge is -2.28. The Bertz CT molecular complexity index is 748. The van der Waals surface area contributed by atoms with Crippen LogP contribution < -0.4 is 11.5 Å². The number of rotatable bonds is 35. The van der Waals surface area contributed by atoms with E-state index in [9.17, 15) is 0 Å². The number of nitrogens with two attached hydrogens (primary N) is 2. The molecule has 1 saturated heterocycles. The van der Waals surface area contributed by atoms with Crippen LogP contribution in [0, 0.1) is 0 Å². The van der Waals surface area contributed by atoms with Gasteiger partial charge in [0.05, 0.1) is 12.7 Å². The number of allylic oxidation sites excluding steroid dienone is 4. The van der Waals surface area contributed by atoms with Gasteiger partial charge in [0.2, 0.25) is 0 Å². The maximum atomic E-state index is 6.59. The Morgan fingerprint density at radius 2 is 0.979 bits per heavy atom. The fourth-order valence-electron chi connectivity index (χ4n) is 6.81. The average Bonchev–Trinajstić information content (AvgIpc) is 3.47. The first kappa shape index (κ1) is 43.7. The van der Waals surface area contributed by atoms with Gasteiger partial charge in [0.1, 0.15) is 0 Å². The fraction of sp³-hybridized carbons (Fsp3) is 0.881. The highest BCUT2D eigenvalue weighted by Crippen LogP contribution is 2.35. The molecule has 0 aromatic carbocycles. The Kier molecular flexibility index (Phi) is 30.8. The van der Waals surface area contributed by atoms with E-state index in [1.807, 2.05) is 0 Å². The SMILES string of the molecule is CCCCC/C=C\C/C=C\CCCCCCCCC1(CCCCCCCCCCCCCCCCCC)OCC(CCN=C(N)N)O1. The molecule has 1 rings (SSSR count). The monoisotopic (exact) mass is 660 g/mol. The molecule has 5 heteroatoms. The summed E-state index contributed by atoms with van der Waals surface area (Å²) < 4.78 is 13.0. The summed E-state index contributed by atoms with van der Waals surface area (Å²) in [5.41, 5.74) is 11.1. The molecule has 0 aromatic heterocycles. The van der Waals surface area contributed by atoms with Crippen LogP contribution in [0.3, 0.4) is 0 Å². The van der Waals surface area contributed by atoms with Crippen molar-refractivity contribution in [3.63, 3.8) is 0 Å². The third kappa shape index (κ3) is 28.2. The van der Waals surface area contributed by atoms with Crippen molar-refractivity contribution in [2.24, 2.45) is 16.5 Å². The molecule has 5 nitrogen and oxygen atoms in total. The van der Waals surface area contributed by atoms with E-state index >= 15 is 0 Å². The molecule has 2 unspecified atom stereocenters. The molecule has 0 aliphatic carbocycles. The molecule has 1 aliphatic heterocycles. The topological polar surface area (TPSA) is 82.9 Å². The zero-order valence-corrected chi connectivity index (χ0v) is 31.6. The van der Waals surface area contributed by atoms with Crippen LogP contribution in [0.4, 0.5) is 0 Å². The van der Waals surface area contributed by atoms with E-state index in [0.29, 0.717) is 13.2 Å². The molecule has 0 spiro atoms. The third-order valence-corrected chi connectivity index (χ3v) is 9.83. The van der Waals surface area contributed by atoms with Crippen molar-refractivity contribution in [2.45, 2.75) is 225 Å². The minimum absolute atomic E-state index is 0.101. The van der Waals surface area contributed by atoms with Crippen LogP contribution in [0.1, 0.15) is 213 Å². The van der Waals surface area contributed by atoms with Crippen molar-refractivity contribution in [2.75, 3.05) is 13.2 Å². The maximum absolute atomic E-state index is 6.59. The molecule has 4 N–H and O–H groups in total. The van der Waals surface area contributed by atoms with E-state index in [1.54, 1.807) is 0 Å². The molecule has 0 amide bonds. The quantitative estimate of drug-likeness (QED) is 0.0307. The van der Waals surface area contributed by atoms with Crippen molar-refractivity contribution in [3.05, 3.63) is 24.3 Å². The zero-order chi connectivity index (χ0) is 33.9. The van der Waals surface area contributed by atoms with E-state index in [4.69, 9.17) is 20.9 Å². The minimum Gasteiger partial charge on any atom is -0.370 e. The Balaban J connectivity index is 2.15. The number of hydrogen-bond acceptors (Lipinski definition) is 3. The van der Waals surface area contributed by atoms with Gasteiger partial charge in [-0.2, -0.15) is 0 Å². The predicted octanol–water partition coefficient (Wildman–Crippen LogP) is 12.6. The van der Waals surface area contributed by atoms with E-state index < -0.39 is 5.79 Å². The van der Waals surface area contributed by atoms with Crippen LogP contribution in [0.25, 0.3) is 0 Å². The molecule has 0 aromatic rings. The Morgan fingerprint density at radius 1 is 0.574 bits per heavy atom. The summed E-state index contributed by atoms with van der Waals surface area (Å²) >= 11 is 0. The summed E-state index contributed by atoms with van der Waals surface area (Å²) in [7, 11) is 0. The van der Waals surface area contributed by atoms with Crippen LogP contribution in [0.2, 0.25) is 0 Å². The summed E-state index contributed by atoms with van der Waals surface area (Å²) in [6.07, 6.45) is 49.9. The van der Waals surface area contributed by atoms with Gasteiger partial charge in [-0.05, 0) is 51.4 Å². The second-order valence-corrected chi connectivity index (χ2v) is 14.4. The van der Waals surface area contributed by atoms with Crippen LogP contribution in [0.15, 0.2) is 29.3 Å². The number of guanidine groups is 1. The van der Waals surface area contributed by atoms with Gasteiger partial charge < -0.3 is 20.9 Å². The number of nitrogens with zero attached hydrogens (tertiary/aromatic N) is 1. The second kappa shape index (κ2) is 33.2. The van der Waals surface area contributed by atoms with E-state index in [1.165, 1.54) is 173 Å². The highest BCUT2D eigenvalue weighted by molar-refractivity contribution is 5.75. The van der Waals surface area contributed by atoms with Crippen LogP contribution >= 0.6 is 0 Å². The number of aliphatic imine (C=N–C) groups is 1. The van der Waals surface area contributed by atoms with Gasteiger partial charge in [-0.25, -0.2) is 0 Å². The normalized spacial score (nSPS) is 18.2. The van der Waals surface area contributed by atoms with Gasteiger partial charge in [-0.15, -0.1) is 0 Å². The maximum Gasteiger partial charge on any atom is 0.185 e. The van der Waals surface area contributed by atoms with Gasteiger partial charge in [0.15, 0.2) is 11.7 Å². The fourth-order valence-corrected chi connectivity index (χ4v) is 6.81. The Morgan fingerprint density at radius 3 is 1.45 bits per heavy atom. The summed E-state index contributed by atoms with van der Waals surface area (Å²) in [5, 5.41) is 0. The van der Waals surface area contributed by atoms with Crippen LogP contribution in [0.5, 0.6) is 0 Å². The Labute approximate surface area is 293 Å². The second-order valence-electron chi connectivity index (χ2n) is 14.4. The van der Waals surface area contributed by atoms with Crippen LogP contribution in [-0.4, -0.2) is 31.0 Å². The van der Waals surface area contributed by atoms with Gasteiger partial charge >= 0.3 is 0 Å². The lowest BCUT2D eigenvalue weighted by Crippen LogP contribution is -2.31. The number of hydrogen-bond donors (Lipinski definition) is 2. The van der Waals surface area contributed by atoms with Crippen molar-refractivity contribution in [1.82, 2.24) is 0 Å². The third-order valence-electron chi connectivity index (χ3n) is 9.83. The first-order valence-electron chi connectivity index (χ1n) is 20.8. The predicted molar refractivity (Wildman–Crippen MR) is 207 cm³/mol. The number of ether oxygens (including phenoxy) is 2. The number of unbranched alkanes of at least 4 members (excludes halogenated alkanes) is 24. The van der Waals surface area contributed by atoms with Crippen molar-refractivity contribution in [1.29, 1.82) is 0 Å². The highest BCUT2D eigenvalue weighted by atomic mass is 16.7. The molecule has 0 bridgehead atoms. The summed E-state index contributed by atoms with van der Waals surface area (Å²) in [6, 6.07) is 0. The van der Waals surface area contributed by atoms with Gasteiger partial charge in [-0.3, -0.25) is 4.99 Å². The van der Waals surface area contributed by atoms with Gasteiger partial charge in [-0.1, -0.05) is 173 Å². The molecule has 1 heterocycles. The molecule has 276 valence electrons. The molecular weight excluding hydrogens is 578 g/mol. The molecule has 0 radical (unpaired) electrons. The first-order chi connectivity index (χ1) is 23.1. The largest absolute Gasteiger partial charge is 0.370 e. The summed E-state index contributed by atoms with van der Waals surface area (Å²) in [6.45, 7) is 5.84. The average molecular weight is 660 g/mol. The molecule has 1 fully saturated rings. The van der Waals surface area contributed by atoms with Crippen molar-refractivity contribution < 1.29 is 9.47 Å². The van der Waals surface area contributed by atoms with Crippen molar-refractivity contribution in [3.8, 4) is 0 Å². The molecular formula is C42H81N3O2.